The van der Waals surface area contributed by atoms with E-state index < -0.39 is 6.23 Å². The van der Waals surface area contributed by atoms with Gasteiger partial charge in [0.05, 0.1) is 11.2 Å². The predicted octanol–water partition coefficient (Wildman–Crippen LogP) is 2.17. The highest BCUT2D eigenvalue weighted by atomic mass is 32.2. The van der Waals surface area contributed by atoms with Gasteiger partial charge in [-0.1, -0.05) is 36.0 Å². The Kier molecular flexibility index (Phi) is 3.23. The fourth-order valence-corrected chi connectivity index (χ4v) is 2.36. The van der Waals surface area contributed by atoms with E-state index >= 15 is 0 Å². The molecule has 4 nitrogen and oxygen atoms in total. The Labute approximate surface area is 115 Å². The van der Waals surface area contributed by atoms with Gasteiger partial charge >= 0.3 is 0 Å². The normalized spacial score (nSPS) is 18.2. The first-order valence-electron chi connectivity index (χ1n) is 5.91. The highest BCUT2D eigenvalue weighted by Gasteiger charge is 2.12. The molecule has 1 unspecified atom stereocenters. The Morgan fingerprint density at radius 2 is 2.11 bits per heavy atom. The van der Waals surface area contributed by atoms with Crippen molar-refractivity contribution in [2.24, 2.45) is 0 Å². The Morgan fingerprint density at radius 3 is 2.84 bits per heavy atom. The smallest absolute Gasteiger partial charge is 0.188 e. The van der Waals surface area contributed by atoms with Crippen LogP contribution in [0.2, 0.25) is 0 Å². The van der Waals surface area contributed by atoms with Gasteiger partial charge in [0, 0.05) is 17.2 Å². The number of aliphatic hydroxyl groups excluding tert-OH is 1. The molecule has 0 fully saturated rings. The van der Waals surface area contributed by atoms with Gasteiger partial charge in [-0.05, 0) is 18.4 Å². The Morgan fingerprint density at radius 1 is 1.26 bits per heavy atom. The minimum absolute atomic E-state index is 0.628. The highest BCUT2D eigenvalue weighted by molar-refractivity contribution is 7.98. The lowest BCUT2D eigenvalue weighted by Gasteiger charge is -2.15. The molecule has 96 valence electrons. The number of fused-ring (bicyclic) bond motifs is 1. The molecule has 1 atom stereocenters. The van der Waals surface area contributed by atoms with Crippen molar-refractivity contribution in [3.63, 3.8) is 0 Å². The van der Waals surface area contributed by atoms with Crippen LogP contribution in [0.4, 0.5) is 0 Å². The van der Waals surface area contributed by atoms with E-state index in [9.17, 15) is 5.11 Å². The second-order valence-electron chi connectivity index (χ2n) is 4.15. The van der Waals surface area contributed by atoms with Crippen LogP contribution in [0.3, 0.4) is 0 Å². The molecule has 1 aliphatic rings. The van der Waals surface area contributed by atoms with Crippen LogP contribution in [-0.2, 0) is 0 Å². The predicted molar refractivity (Wildman–Crippen MR) is 77.6 cm³/mol. The molecule has 0 saturated carbocycles. The first-order chi connectivity index (χ1) is 9.28. The molecule has 3 rings (SSSR count). The third-order valence-corrected chi connectivity index (χ3v) is 3.45. The van der Waals surface area contributed by atoms with Gasteiger partial charge in [0.15, 0.2) is 5.16 Å². The molecule has 1 aliphatic heterocycles. The fraction of sp³-hybridized carbons (Fsp3) is 0.143. The SMILES string of the molecule is CSc1nc(C2=CNC(O)C=C2)c2ccccc2n1. The molecule has 0 spiro atoms. The minimum atomic E-state index is -0.628. The standard InChI is InChI=1S/C14H13N3OS/c1-19-14-16-11-5-3-2-4-10(11)13(17-14)9-6-7-12(18)15-8-9/h2-8,12,15,18H,1H3. The quantitative estimate of drug-likeness (QED) is 0.647. The van der Waals surface area contributed by atoms with Crippen LogP contribution in [0.15, 0.2) is 47.8 Å². The summed E-state index contributed by atoms with van der Waals surface area (Å²) in [6.07, 6.45) is 6.69. The number of nitrogens with zero attached hydrogens (tertiary/aromatic N) is 2. The Hall–Kier alpha value is -1.85. The molecule has 2 heterocycles. The molecular formula is C14H13N3OS. The van der Waals surface area contributed by atoms with Crippen LogP contribution >= 0.6 is 11.8 Å². The monoisotopic (exact) mass is 271 g/mol. The Balaban J connectivity index is 2.19. The number of aromatic nitrogens is 2. The van der Waals surface area contributed by atoms with Gasteiger partial charge in [-0.25, -0.2) is 9.97 Å². The lowest BCUT2D eigenvalue weighted by atomic mass is 10.1. The van der Waals surface area contributed by atoms with E-state index in [-0.39, 0.29) is 0 Å². The number of hydrogen-bond donors (Lipinski definition) is 2. The van der Waals surface area contributed by atoms with Crippen LogP contribution in [-0.4, -0.2) is 27.6 Å². The number of thioether (sulfide) groups is 1. The Bertz CT molecular complexity index is 681. The number of para-hydroxylation sites is 1. The van der Waals surface area contributed by atoms with Gasteiger partial charge in [-0.3, -0.25) is 0 Å². The van der Waals surface area contributed by atoms with Gasteiger partial charge in [-0.15, -0.1) is 0 Å². The number of aliphatic hydroxyl groups is 1. The van der Waals surface area contributed by atoms with Crippen LogP contribution in [0.25, 0.3) is 16.5 Å². The van der Waals surface area contributed by atoms with E-state index in [0.717, 1.165) is 27.3 Å². The second-order valence-corrected chi connectivity index (χ2v) is 4.92. The molecule has 2 N–H and O–H groups in total. The molecule has 0 aliphatic carbocycles. The van der Waals surface area contributed by atoms with E-state index in [4.69, 9.17) is 0 Å². The van der Waals surface area contributed by atoms with Gasteiger partial charge in [0.25, 0.3) is 0 Å². The molecule has 1 aromatic heterocycles. The minimum Gasteiger partial charge on any atom is -0.370 e. The molecule has 5 heteroatoms. The van der Waals surface area contributed by atoms with E-state index in [1.54, 1.807) is 12.3 Å². The maximum absolute atomic E-state index is 9.41. The van der Waals surface area contributed by atoms with Gasteiger partial charge in [0.2, 0.25) is 0 Å². The summed E-state index contributed by atoms with van der Waals surface area (Å²) < 4.78 is 0. The van der Waals surface area contributed by atoms with Crippen molar-refractivity contribution in [3.05, 3.63) is 48.3 Å². The zero-order chi connectivity index (χ0) is 13.2. The van der Waals surface area contributed by atoms with Gasteiger partial charge in [-0.2, -0.15) is 0 Å². The van der Waals surface area contributed by atoms with Crippen molar-refractivity contribution in [2.45, 2.75) is 11.4 Å². The van der Waals surface area contributed by atoms with Crippen LogP contribution < -0.4 is 5.32 Å². The summed E-state index contributed by atoms with van der Waals surface area (Å²) >= 11 is 1.52. The number of dihydropyridines is 1. The van der Waals surface area contributed by atoms with E-state index in [2.05, 4.69) is 15.3 Å². The van der Waals surface area contributed by atoms with Crippen LogP contribution in [0.5, 0.6) is 0 Å². The number of nitrogens with one attached hydrogen (secondary N) is 1. The number of rotatable bonds is 2. The molecule has 0 saturated heterocycles. The van der Waals surface area contributed by atoms with Crippen molar-refractivity contribution in [1.82, 2.24) is 15.3 Å². The van der Waals surface area contributed by atoms with Crippen molar-refractivity contribution >= 4 is 28.2 Å². The van der Waals surface area contributed by atoms with Crippen molar-refractivity contribution < 1.29 is 5.11 Å². The third kappa shape index (κ3) is 2.34. The second kappa shape index (κ2) is 5.03. The van der Waals surface area contributed by atoms with E-state index in [1.165, 1.54) is 11.8 Å². The summed E-state index contributed by atoms with van der Waals surface area (Å²) in [6, 6.07) is 7.93. The summed E-state index contributed by atoms with van der Waals surface area (Å²) in [6.45, 7) is 0. The lowest BCUT2D eigenvalue weighted by Crippen LogP contribution is -2.23. The topological polar surface area (TPSA) is 58.0 Å². The summed E-state index contributed by atoms with van der Waals surface area (Å²) in [5.74, 6) is 0. The number of allylic oxidation sites excluding steroid dienone is 2. The first kappa shape index (κ1) is 12.2. The van der Waals surface area contributed by atoms with Crippen molar-refractivity contribution in [3.8, 4) is 0 Å². The lowest BCUT2D eigenvalue weighted by molar-refractivity contribution is 0.201. The average molecular weight is 271 g/mol. The summed E-state index contributed by atoms with van der Waals surface area (Å²) in [7, 11) is 0. The largest absolute Gasteiger partial charge is 0.370 e. The van der Waals surface area contributed by atoms with Gasteiger partial charge in [0.1, 0.15) is 6.23 Å². The highest BCUT2D eigenvalue weighted by Crippen LogP contribution is 2.26. The maximum atomic E-state index is 9.41. The van der Waals surface area contributed by atoms with Crippen LogP contribution in [0, 0.1) is 0 Å². The summed E-state index contributed by atoms with van der Waals surface area (Å²) in [5, 5.41) is 14.0. The zero-order valence-corrected chi connectivity index (χ0v) is 11.2. The van der Waals surface area contributed by atoms with Gasteiger partial charge < -0.3 is 10.4 Å². The molecule has 2 aromatic rings. The number of benzene rings is 1. The summed E-state index contributed by atoms with van der Waals surface area (Å²) in [5.41, 5.74) is 2.75. The van der Waals surface area contributed by atoms with Crippen molar-refractivity contribution in [1.29, 1.82) is 0 Å². The maximum Gasteiger partial charge on any atom is 0.188 e. The van der Waals surface area contributed by atoms with Crippen molar-refractivity contribution in [2.75, 3.05) is 6.26 Å². The average Bonchev–Trinajstić information content (AvgIpc) is 2.47. The summed E-state index contributed by atoms with van der Waals surface area (Å²) in [4.78, 5) is 9.07. The van der Waals surface area contributed by atoms with E-state index in [1.807, 2.05) is 36.6 Å². The molecule has 0 bridgehead atoms. The molecule has 19 heavy (non-hydrogen) atoms. The molecule has 0 amide bonds. The first-order valence-corrected chi connectivity index (χ1v) is 7.14. The van der Waals surface area contributed by atoms with Crippen LogP contribution in [0.1, 0.15) is 5.69 Å². The molecular weight excluding hydrogens is 258 g/mol. The van der Waals surface area contributed by atoms with E-state index in [0.29, 0.717) is 0 Å². The molecule has 1 aromatic carbocycles. The third-order valence-electron chi connectivity index (χ3n) is 2.91. The zero-order valence-electron chi connectivity index (χ0n) is 10.4. The number of hydrogen-bond acceptors (Lipinski definition) is 5. The fourth-order valence-electron chi connectivity index (χ4n) is 1.99. The molecule has 0 radical (unpaired) electrons.